The minimum atomic E-state index is -0.320. The smallest absolute Gasteiger partial charge is 0.291 e. The Morgan fingerprint density at radius 3 is 2.38 bits per heavy atom. The highest BCUT2D eigenvalue weighted by molar-refractivity contribution is 6.02. The van der Waals surface area contributed by atoms with Crippen molar-refractivity contribution in [2.24, 2.45) is 0 Å². The molecule has 2 amide bonds. The Hall–Kier alpha value is -4.06. The number of benzene rings is 2. The largest absolute Gasteiger partial charge is 0.459 e. The van der Waals surface area contributed by atoms with Gasteiger partial charge in [0.15, 0.2) is 5.76 Å². The van der Waals surface area contributed by atoms with E-state index in [1.165, 1.54) is 6.26 Å². The third-order valence-electron chi connectivity index (χ3n) is 4.41. The van der Waals surface area contributed by atoms with Crippen LogP contribution in [0, 0.1) is 0 Å². The Kier molecular flexibility index (Phi) is 5.25. The van der Waals surface area contributed by atoms with E-state index in [1.54, 1.807) is 30.3 Å². The van der Waals surface area contributed by atoms with Crippen molar-refractivity contribution in [2.45, 2.75) is 6.54 Å². The number of carbonyl (C=O) groups excluding carboxylic acids is 2. The van der Waals surface area contributed by atoms with Crippen molar-refractivity contribution >= 4 is 17.5 Å². The average molecular weight is 385 g/mol. The van der Waals surface area contributed by atoms with Crippen LogP contribution in [0.3, 0.4) is 0 Å². The van der Waals surface area contributed by atoms with Gasteiger partial charge in [-0.05, 0) is 66.2 Å². The number of nitrogens with one attached hydrogen (secondary N) is 2. The summed E-state index contributed by atoms with van der Waals surface area (Å²) < 4.78 is 7.06. The topological polar surface area (TPSA) is 76.3 Å². The van der Waals surface area contributed by atoms with Crippen LogP contribution >= 0.6 is 0 Å². The molecule has 144 valence electrons. The number of aromatic nitrogens is 1. The number of anilines is 1. The van der Waals surface area contributed by atoms with E-state index in [4.69, 9.17) is 4.42 Å². The van der Waals surface area contributed by atoms with Gasteiger partial charge in [0, 0.05) is 35.9 Å². The van der Waals surface area contributed by atoms with E-state index in [1.807, 2.05) is 59.4 Å². The zero-order valence-corrected chi connectivity index (χ0v) is 15.5. The molecule has 4 aromatic rings. The van der Waals surface area contributed by atoms with Crippen molar-refractivity contribution in [3.05, 3.63) is 108 Å². The van der Waals surface area contributed by atoms with Crippen LogP contribution in [0.1, 0.15) is 26.5 Å². The number of carbonyl (C=O) groups is 2. The summed E-state index contributed by atoms with van der Waals surface area (Å²) >= 11 is 0. The quantitative estimate of drug-likeness (QED) is 0.521. The lowest BCUT2D eigenvalue weighted by Crippen LogP contribution is -2.22. The van der Waals surface area contributed by atoms with Crippen LogP contribution in [-0.4, -0.2) is 16.4 Å². The van der Waals surface area contributed by atoms with Crippen LogP contribution in [0.15, 0.2) is 95.9 Å². The van der Waals surface area contributed by atoms with Crippen LogP contribution in [0.2, 0.25) is 0 Å². The summed E-state index contributed by atoms with van der Waals surface area (Å²) in [6, 6.07) is 21.9. The molecule has 2 N–H and O–H groups in total. The van der Waals surface area contributed by atoms with Crippen LogP contribution in [-0.2, 0) is 6.54 Å². The second-order valence-electron chi connectivity index (χ2n) is 6.45. The summed E-state index contributed by atoms with van der Waals surface area (Å²) in [5.41, 5.74) is 3.09. The van der Waals surface area contributed by atoms with Crippen LogP contribution < -0.4 is 10.6 Å². The Morgan fingerprint density at radius 1 is 0.862 bits per heavy atom. The van der Waals surface area contributed by atoms with Crippen LogP contribution in [0.5, 0.6) is 0 Å². The first-order valence-corrected chi connectivity index (χ1v) is 9.14. The van der Waals surface area contributed by atoms with Crippen molar-refractivity contribution in [2.75, 3.05) is 5.32 Å². The lowest BCUT2D eigenvalue weighted by molar-refractivity contribution is 0.0949. The molecule has 2 aromatic carbocycles. The fraction of sp³-hybridized carbons (Fsp3) is 0.0435. The lowest BCUT2D eigenvalue weighted by Gasteiger charge is -2.09. The van der Waals surface area contributed by atoms with Gasteiger partial charge in [0.05, 0.1) is 6.26 Å². The highest BCUT2D eigenvalue weighted by Gasteiger charge is 2.10. The molecule has 0 aliphatic carbocycles. The molecule has 0 unspecified atom stereocenters. The van der Waals surface area contributed by atoms with Crippen molar-refractivity contribution in [3.8, 4) is 5.69 Å². The maximum absolute atomic E-state index is 12.4. The second kappa shape index (κ2) is 8.31. The first-order valence-electron chi connectivity index (χ1n) is 9.14. The Labute approximate surface area is 167 Å². The van der Waals surface area contributed by atoms with Crippen LogP contribution in [0.4, 0.5) is 5.69 Å². The van der Waals surface area contributed by atoms with E-state index in [-0.39, 0.29) is 17.6 Å². The molecule has 0 bridgehead atoms. The third-order valence-corrected chi connectivity index (χ3v) is 4.41. The predicted octanol–water partition coefficient (Wildman–Crippen LogP) is 4.25. The molecule has 0 saturated carbocycles. The molecule has 6 heteroatoms. The van der Waals surface area contributed by atoms with E-state index in [0.717, 1.165) is 11.3 Å². The molecule has 2 heterocycles. The molecule has 0 atom stereocenters. The molecular formula is C23H19N3O3. The second-order valence-corrected chi connectivity index (χ2v) is 6.45. The van der Waals surface area contributed by atoms with Crippen molar-refractivity contribution < 1.29 is 14.0 Å². The molecule has 0 radical (unpaired) electrons. The van der Waals surface area contributed by atoms with Gasteiger partial charge in [0.1, 0.15) is 0 Å². The molecule has 0 aliphatic rings. The van der Waals surface area contributed by atoms with Gasteiger partial charge in [-0.25, -0.2) is 0 Å². The molecule has 29 heavy (non-hydrogen) atoms. The molecule has 0 spiro atoms. The van der Waals surface area contributed by atoms with Crippen LogP contribution in [0.25, 0.3) is 5.69 Å². The number of amides is 2. The highest BCUT2D eigenvalue weighted by atomic mass is 16.3. The Bertz CT molecular complexity index is 1100. The normalized spacial score (nSPS) is 10.5. The molecule has 6 nitrogen and oxygen atoms in total. The van der Waals surface area contributed by atoms with E-state index in [0.29, 0.717) is 17.8 Å². The van der Waals surface area contributed by atoms with Gasteiger partial charge < -0.3 is 19.6 Å². The van der Waals surface area contributed by atoms with E-state index < -0.39 is 0 Å². The summed E-state index contributed by atoms with van der Waals surface area (Å²) in [5, 5.41) is 5.68. The number of furan rings is 1. The van der Waals surface area contributed by atoms with Crippen molar-refractivity contribution in [3.63, 3.8) is 0 Å². The minimum Gasteiger partial charge on any atom is -0.459 e. The lowest BCUT2D eigenvalue weighted by atomic mass is 10.1. The average Bonchev–Trinajstić information content (AvgIpc) is 3.47. The SMILES string of the molecule is O=C(NCc1cccc(NC(=O)c2ccco2)c1)c1ccc(-n2cccc2)cc1. The summed E-state index contributed by atoms with van der Waals surface area (Å²) in [4.78, 5) is 24.5. The zero-order chi connectivity index (χ0) is 20.1. The molecule has 0 fully saturated rings. The molecule has 0 aliphatic heterocycles. The molecular weight excluding hydrogens is 366 g/mol. The van der Waals surface area contributed by atoms with Gasteiger partial charge in [0.25, 0.3) is 11.8 Å². The maximum Gasteiger partial charge on any atom is 0.291 e. The summed E-state index contributed by atoms with van der Waals surface area (Å²) in [6.45, 7) is 0.350. The predicted molar refractivity (Wildman–Crippen MR) is 110 cm³/mol. The van der Waals surface area contributed by atoms with E-state index >= 15 is 0 Å². The number of hydrogen-bond donors (Lipinski definition) is 2. The van der Waals surface area contributed by atoms with E-state index in [2.05, 4.69) is 10.6 Å². The third kappa shape index (κ3) is 4.44. The summed E-state index contributed by atoms with van der Waals surface area (Å²) in [6.07, 6.45) is 5.35. The van der Waals surface area contributed by atoms with Gasteiger partial charge in [-0.15, -0.1) is 0 Å². The maximum atomic E-state index is 12.4. The van der Waals surface area contributed by atoms with Gasteiger partial charge >= 0.3 is 0 Å². The summed E-state index contributed by atoms with van der Waals surface area (Å²) in [7, 11) is 0. The minimum absolute atomic E-state index is 0.158. The molecule has 4 rings (SSSR count). The molecule has 2 aromatic heterocycles. The monoisotopic (exact) mass is 385 g/mol. The fourth-order valence-corrected chi connectivity index (χ4v) is 2.94. The number of nitrogens with zero attached hydrogens (tertiary/aromatic N) is 1. The van der Waals surface area contributed by atoms with Crippen molar-refractivity contribution in [1.82, 2.24) is 9.88 Å². The number of hydrogen-bond acceptors (Lipinski definition) is 3. The molecule has 0 saturated heterocycles. The number of rotatable bonds is 6. The van der Waals surface area contributed by atoms with Gasteiger partial charge in [-0.3, -0.25) is 9.59 Å². The van der Waals surface area contributed by atoms with Gasteiger partial charge in [0.2, 0.25) is 0 Å². The summed E-state index contributed by atoms with van der Waals surface area (Å²) in [5.74, 6) is -0.236. The zero-order valence-electron chi connectivity index (χ0n) is 15.5. The standard InChI is InChI=1S/C23H19N3O3/c27-22(18-8-10-20(11-9-18)26-12-1-2-13-26)24-16-17-5-3-6-19(15-17)25-23(28)21-7-4-14-29-21/h1-15H,16H2,(H,24,27)(H,25,28). The Balaban J connectivity index is 1.36. The van der Waals surface area contributed by atoms with Gasteiger partial charge in [-0.1, -0.05) is 12.1 Å². The first kappa shape index (κ1) is 18.3. The highest BCUT2D eigenvalue weighted by Crippen LogP contribution is 2.14. The first-order chi connectivity index (χ1) is 14.2. The fourth-order valence-electron chi connectivity index (χ4n) is 2.94. The van der Waals surface area contributed by atoms with Gasteiger partial charge in [-0.2, -0.15) is 0 Å². The van der Waals surface area contributed by atoms with E-state index in [9.17, 15) is 9.59 Å². The van der Waals surface area contributed by atoms with Crippen molar-refractivity contribution in [1.29, 1.82) is 0 Å². The Morgan fingerprint density at radius 2 is 1.66 bits per heavy atom.